The van der Waals surface area contributed by atoms with Gasteiger partial charge in [-0.25, -0.2) is 9.97 Å². The van der Waals surface area contributed by atoms with Crippen LogP contribution in [0, 0.1) is 0 Å². The van der Waals surface area contributed by atoms with Gasteiger partial charge < -0.3 is 15.4 Å². The fraction of sp³-hybridized carbons (Fsp3) is 0.267. The van der Waals surface area contributed by atoms with Gasteiger partial charge in [-0.15, -0.1) is 0 Å². The van der Waals surface area contributed by atoms with Crippen molar-refractivity contribution in [2.45, 2.75) is 6.54 Å². The first kappa shape index (κ1) is 16.2. The summed E-state index contributed by atoms with van der Waals surface area (Å²) in [5.41, 5.74) is 1.37. The Kier molecular flexibility index (Phi) is 6.12. The van der Waals surface area contributed by atoms with E-state index in [4.69, 9.17) is 16.3 Å². The quantitative estimate of drug-likeness (QED) is 0.764. The van der Waals surface area contributed by atoms with E-state index < -0.39 is 0 Å². The highest BCUT2D eigenvalue weighted by Crippen LogP contribution is 2.11. The molecule has 1 heterocycles. The number of ether oxygens (including phenoxy) is 1. The number of nitrogens with zero attached hydrogens (tertiary/aromatic N) is 2. The lowest BCUT2D eigenvalue weighted by Crippen LogP contribution is -2.27. The molecule has 0 atom stereocenters. The van der Waals surface area contributed by atoms with E-state index in [-0.39, 0.29) is 5.91 Å². The molecule has 1 amide bonds. The molecule has 22 heavy (non-hydrogen) atoms. The lowest BCUT2D eigenvalue weighted by molar-refractivity contribution is 0.0932. The maximum atomic E-state index is 11.9. The summed E-state index contributed by atoms with van der Waals surface area (Å²) in [7, 11) is 1.58. The van der Waals surface area contributed by atoms with Crippen LogP contribution in [-0.4, -0.2) is 36.1 Å². The zero-order valence-electron chi connectivity index (χ0n) is 12.2. The molecule has 2 rings (SSSR count). The summed E-state index contributed by atoms with van der Waals surface area (Å²) >= 11 is 5.84. The van der Waals surface area contributed by atoms with Crippen LogP contribution < -0.4 is 10.6 Å². The lowest BCUT2D eigenvalue weighted by atomic mass is 10.2. The predicted molar refractivity (Wildman–Crippen MR) is 85.0 cm³/mol. The van der Waals surface area contributed by atoms with Crippen LogP contribution in [0.4, 0.5) is 5.82 Å². The second kappa shape index (κ2) is 8.31. The number of nitrogens with one attached hydrogen (secondary N) is 2. The highest BCUT2D eigenvalue weighted by atomic mass is 35.5. The number of amides is 1. The van der Waals surface area contributed by atoms with Gasteiger partial charge in [0.05, 0.1) is 6.61 Å². The Morgan fingerprint density at radius 3 is 2.77 bits per heavy atom. The van der Waals surface area contributed by atoms with Gasteiger partial charge in [-0.1, -0.05) is 23.7 Å². The average molecular weight is 321 g/mol. The van der Waals surface area contributed by atoms with Gasteiger partial charge in [0.15, 0.2) is 0 Å². The van der Waals surface area contributed by atoms with Gasteiger partial charge in [0, 0.05) is 31.3 Å². The second-order valence-corrected chi connectivity index (χ2v) is 4.95. The van der Waals surface area contributed by atoms with Crippen molar-refractivity contribution >= 4 is 23.3 Å². The van der Waals surface area contributed by atoms with E-state index in [0.717, 1.165) is 5.56 Å². The number of aromatic nitrogens is 2. The number of carbonyl (C=O) groups excluding carboxylic acids is 1. The van der Waals surface area contributed by atoms with Gasteiger partial charge in [-0.05, 0) is 17.7 Å². The maximum absolute atomic E-state index is 11.9. The summed E-state index contributed by atoms with van der Waals surface area (Å²) in [4.78, 5) is 19.9. The Bertz CT molecular complexity index is 619. The number of benzene rings is 1. The summed E-state index contributed by atoms with van der Waals surface area (Å²) in [6.07, 6.45) is 1.36. The van der Waals surface area contributed by atoms with Crippen molar-refractivity contribution in [2.24, 2.45) is 0 Å². The average Bonchev–Trinajstić information content (AvgIpc) is 2.55. The molecule has 1 aromatic heterocycles. The number of anilines is 1. The third kappa shape index (κ3) is 4.98. The maximum Gasteiger partial charge on any atom is 0.270 e. The van der Waals surface area contributed by atoms with Crippen LogP contribution in [0.25, 0.3) is 0 Å². The van der Waals surface area contributed by atoms with Crippen LogP contribution in [0.3, 0.4) is 0 Å². The van der Waals surface area contributed by atoms with Gasteiger partial charge in [0.25, 0.3) is 5.91 Å². The molecule has 0 bridgehead atoms. The zero-order chi connectivity index (χ0) is 15.8. The Morgan fingerprint density at radius 2 is 2.05 bits per heavy atom. The zero-order valence-corrected chi connectivity index (χ0v) is 12.9. The van der Waals surface area contributed by atoms with Gasteiger partial charge in [-0.2, -0.15) is 0 Å². The van der Waals surface area contributed by atoms with E-state index >= 15 is 0 Å². The predicted octanol–water partition coefficient (Wildman–Crippen LogP) is 2.12. The first-order chi connectivity index (χ1) is 10.7. The standard InChI is InChI=1S/C15H17ClN4O2/c1-22-7-6-17-15(21)13-8-14(20-10-19-13)18-9-11-2-4-12(16)5-3-11/h2-5,8,10H,6-7,9H2,1H3,(H,17,21)(H,18,19,20). The number of hydrogen-bond acceptors (Lipinski definition) is 5. The van der Waals surface area contributed by atoms with Crippen LogP contribution in [0.1, 0.15) is 16.1 Å². The molecule has 0 aliphatic heterocycles. The van der Waals surface area contributed by atoms with E-state index in [2.05, 4.69) is 20.6 Å². The van der Waals surface area contributed by atoms with Gasteiger partial charge in [0.2, 0.25) is 0 Å². The Labute approximate surface area is 133 Å². The molecule has 0 fully saturated rings. The van der Waals surface area contributed by atoms with Crippen LogP contribution >= 0.6 is 11.6 Å². The summed E-state index contributed by atoms with van der Waals surface area (Å²) in [5.74, 6) is 0.329. The Hall–Kier alpha value is -2.18. The summed E-state index contributed by atoms with van der Waals surface area (Å²) in [6, 6.07) is 9.11. The summed E-state index contributed by atoms with van der Waals surface area (Å²) < 4.78 is 4.88. The summed E-state index contributed by atoms with van der Waals surface area (Å²) in [5, 5.41) is 6.55. The second-order valence-electron chi connectivity index (χ2n) is 4.52. The molecule has 7 heteroatoms. The van der Waals surface area contributed by atoms with E-state index in [9.17, 15) is 4.79 Å². The molecule has 6 nitrogen and oxygen atoms in total. The highest BCUT2D eigenvalue weighted by Gasteiger charge is 2.08. The monoisotopic (exact) mass is 320 g/mol. The molecule has 0 aliphatic carbocycles. The molecule has 1 aromatic carbocycles. The van der Waals surface area contributed by atoms with Crippen molar-refractivity contribution < 1.29 is 9.53 Å². The van der Waals surface area contributed by atoms with Crippen molar-refractivity contribution in [3.63, 3.8) is 0 Å². The van der Waals surface area contributed by atoms with E-state index in [0.29, 0.717) is 36.2 Å². The molecule has 0 aliphatic rings. The normalized spacial score (nSPS) is 10.3. The van der Waals surface area contributed by atoms with Crippen LogP contribution in [0.15, 0.2) is 36.7 Å². The minimum Gasteiger partial charge on any atom is -0.383 e. The van der Waals surface area contributed by atoms with Crippen molar-refractivity contribution in [1.29, 1.82) is 0 Å². The third-order valence-corrected chi connectivity index (χ3v) is 3.13. The van der Waals surface area contributed by atoms with Crippen LogP contribution in [-0.2, 0) is 11.3 Å². The number of rotatable bonds is 7. The van der Waals surface area contributed by atoms with Gasteiger partial charge in [-0.3, -0.25) is 4.79 Å². The van der Waals surface area contributed by atoms with Crippen molar-refractivity contribution in [3.05, 3.63) is 52.9 Å². The van der Waals surface area contributed by atoms with Gasteiger partial charge >= 0.3 is 0 Å². The first-order valence-electron chi connectivity index (χ1n) is 6.76. The first-order valence-corrected chi connectivity index (χ1v) is 7.14. The molecule has 116 valence electrons. The molecular weight excluding hydrogens is 304 g/mol. The summed E-state index contributed by atoms with van der Waals surface area (Å²) in [6.45, 7) is 1.48. The van der Waals surface area contributed by atoms with E-state index in [1.165, 1.54) is 6.33 Å². The van der Waals surface area contributed by atoms with Crippen molar-refractivity contribution in [1.82, 2.24) is 15.3 Å². The molecule has 0 saturated heterocycles. The molecule has 2 N–H and O–H groups in total. The lowest BCUT2D eigenvalue weighted by Gasteiger charge is -2.07. The Balaban J connectivity index is 1.93. The smallest absolute Gasteiger partial charge is 0.270 e. The van der Waals surface area contributed by atoms with E-state index in [1.54, 1.807) is 13.2 Å². The fourth-order valence-electron chi connectivity index (χ4n) is 1.73. The number of carbonyl (C=O) groups is 1. The molecular formula is C15H17ClN4O2. The number of halogens is 1. The SMILES string of the molecule is COCCNC(=O)c1cc(NCc2ccc(Cl)cc2)ncn1. The molecule has 0 radical (unpaired) electrons. The Morgan fingerprint density at radius 1 is 1.27 bits per heavy atom. The van der Waals surface area contributed by atoms with Crippen molar-refractivity contribution in [3.8, 4) is 0 Å². The minimum atomic E-state index is -0.256. The minimum absolute atomic E-state index is 0.256. The molecule has 2 aromatic rings. The van der Waals surface area contributed by atoms with Gasteiger partial charge in [0.1, 0.15) is 17.8 Å². The van der Waals surface area contributed by atoms with Crippen LogP contribution in [0.5, 0.6) is 0 Å². The molecule has 0 saturated carbocycles. The molecule has 0 unspecified atom stereocenters. The van der Waals surface area contributed by atoms with Crippen molar-refractivity contribution in [2.75, 3.05) is 25.6 Å². The topological polar surface area (TPSA) is 76.1 Å². The third-order valence-electron chi connectivity index (χ3n) is 2.88. The molecule has 0 spiro atoms. The fourth-order valence-corrected chi connectivity index (χ4v) is 1.86. The number of hydrogen-bond donors (Lipinski definition) is 2. The largest absolute Gasteiger partial charge is 0.383 e. The highest BCUT2D eigenvalue weighted by molar-refractivity contribution is 6.30. The van der Waals surface area contributed by atoms with Crippen LogP contribution in [0.2, 0.25) is 5.02 Å². The van der Waals surface area contributed by atoms with E-state index in [1.807, 2.05) is 24.3 Å². The number of methoxy groups -OCH3 is 1.